The van der Waals surface area contributed by atoms with E-state index in [2.05, 4.69) is 6.58 Å². The van der Waals surface area contributed by atoms with Crippen molar-refractivity contribution in [1.82, 2.24) is 9.13 Å². The SMILES string of the molecule is C=CCn1c(=N)n(CCCOc2ccc(Cl)cc2)c2ccccc21.Cl. The minimum atomic E-state index is 0. The van der Waals surface area contributed by atoms with Crippen LogP contribution >= 0.6 is 24.0 Å². The lowest BCUT2D eigenvalue weighted by atomic mass is 10.3. The van der Waals surface area contributed by atoms with Gasteiger partial charge in [-0.15, -0.1) is 19.0 Å². The van der Waals surface area contributed by atoms with E-state index in [4.69, 9.17) is 21.7 Å². The lowest BCUT2D eigenvalue weighted by molar-refractivity contribution is 0.301. The number of fused-ring (bicyclic) bond motifs is 1. The average Bonchev–Trinajstić information content (AvgIpc) is 2.86. The van der Waals surface area contributed by atoms with E-state index in [0.717, 1.165) is 29.7 Å². The smallest absolute Gasteiger partial charge is 0.203 e. The van der Waals surface area contributed by atoms with Gasteiger partial charge in [-0.1, -0.05) is 29.8 Å². The summed E-state index contributed by atoms with van der Waals surface area (Å²) in [6, 6.07) is 15.4. The van der Waals surface area contributed by atoms with E-state index in [-0.39, 0.29) is 12.4 Å². The van der Waals surface area contributed by atoms with E-state index >= 15 is 0 Å². The van der Waals surface area contributed by atoms with Gasteiger partial charge >= 0.3 is 0 Å². The molecule has 4 nitrogen and oxygen atoms in total. The number of hydrogen-bond donors (Lipinski definition) is 1. The molecule has 0 radical (unpaired) electrons. The Hall–Kier alpha value is -2.17. The minimum Gasteiger partial charge on any atom is -0.494 e. The molecule has 1 aromatic heterocycles. The van der Waals surface area contributed by atoms with Crippen molar-refractivity contribution in [2.45, 2.75) is 19.5 Å². The Morgan fingerprint density at radius 1 is 1.04 bits per heavy atom. The third kappa shape index (κ3) is 4.27. The molecule has 3 rings (SSSR count). The predicted molar refractivity (Wildman–Crippen MR) is 105 cm³/mol. The van der Waals surface area contributed by atoms with Crippen LogP contribution in [0.5, 0.6) is 5.75 Å². The highest BCUT2D eigenvalue weighted by atomic mass is 35.5. The van der Waals surface area contributed by atoms with Gasteiger partial charge < -0.3 is 13.9 Å². The number of benzene rings is 2. The van der Waals surface area contributed by atoms with Crippen LogP contribution in [-0.2, 0) is 13.1 Å². The second-order valence-electron chi connectivity index (χ2n) is 5.52. The third-order valence-corrected chi connectivity index (χ3v) is 4.15. The van der Waals surface area contributed by atoms with Gasteiger partial charge in [-0.3, -0.25) is 5.41 Å². The molecule has 0 saturated heterocycles. The van der Waals surface area contributed by atoms with Crippen LogP contribution in [0.1, 0.15) is 6.42 Å². The van der Waals surface area contributed by atoms with Gasteiger partial charge in [-0.25, -0.2) is 0 Å². The number of nitrogens with one attached hydrogen (secondary N) is 1. The normalized spacial score (nSPS) is 10.4. The van der Waals surface area contributed by atoms with Crippen LogP contribution in [0.2, 0.25) is 5.02 Å². The quantitative estimate of drug-likeness (QED) is 0.472. The second-order valence-corrected chi connectivity index (χ2v) is 5.96. The molecule has 0 atom stereocenters. The number of allylic oxidation sites excluding steroid dienone is 1. The summed E-state index contributed by atoms with van der Waals surface area (Å²) in [6.07, 6.45) is 2.64. The molecule has 0 aliphatic heterocycles. The summed E-state index contributed by atoms with van der Waals surface area (Å²) in [5.41, 5.74) is 2.61. The first kappa shape index (κ1) is 19.2. The van der Waals surface area contributed by atoms with Crippen molar-refractivity contribution in [2.75, 3.05) is 6.61 Å². The zero-order valence-electron chi connectivity index (χ0n) is 13.8. The van der Waals surface area contributed by atoms with Crippen LogP contribution in [0.4, 0.5) is 0 Å². The number of ether oxygens (including phenoxy) is 1. The Balaban J connectivity index is 0.00000225. The number of aromatic nitrogens is 2. The molecule has 3 aromatic rings. The molecule has 0 amide bonds. The van der Waals surface area contributed by atoms with E-state index in [1.165, 1.54) is 0 Å². The first-order valence-electron chi connectivity index (χ1n) is 7.92. The Kier molecular flexibility index (Phi) is 6.73. The van der Waals surface area contributed by atoms with Crippen LogP contribution in [0.15, 0.2) is 61.2 Å². The first-order valence-corrected chi connectivity index (χ1v) is 8.30. The van der Waals surface area contributed by atoms with Crippen molar-refractivity contribution in [3.63, 3.8) is 0 Å². The molecular weight excluding hydrogens is 357 g/mol. The molecule has 0 fully saturated rings. The van der Waals surface area contributed by atoms with E-state index < -0.39 is 0 Å². The Bertz CT molecular complexity index is 897. The van der Waals surface area contributed by atoms with Crippen LogP contribution in [0.3, 0.4) is 0 Å². The topological polar surface area (TPSA) is 42.9 Å². The maximum absolute atomic E-state index is 8.42. The van der Waals surface area contributed by atoms with Crippen molar-refractivity contribution >= 4 is 35.0 Å². The lowest BCUT2D eigenvalue weighted by Gasteiger charge is -2.07. The zero-order chi connectivity index (χ0) is 16.9. The highest BCUT2D eigenvalue weighted by Gasteiger charge is 2.09. The summed E-state index contributed by atoms with van der Waals surface area (Å²) >= 11 is 5.86. The molecule has 0 unspecified atom stereocenters. The molecule has 1 heterocycles. The standard InChI is InChI=1S/C19H20ClN3O.ClH/c1-2-12-22-17-6-3-4-7-18(17)23(19(22)21)13-5-14-24-16-10-8-15(20)9-11-16;/h2-4,6-11,21H,1,5,12-14H2;1H. The van der Waals surface area contributed by atoms with E-state index in [9.17, 15) is 0 Å². The number of halogens is 2. The Morgan fingerprint density at radius 3 is 2.32 bits per heavy atom. The highest BCUT2D eigenvalue weighted by molar-refractivity contribution is 6.30. The molecule has 132 valence electrons. The lowest BCUT2D eigenvalue weighted by Crippen LogP contribution is -2.25. The molecule has 1 N–H and O–H groups in total. The number of nitrogens with zero attached hydrogens (tertiary/aromatic N) is 2. The van der Waals surface area contributed by atoms with Gasteiger partial charge in [0.25, 0.3) is 0 Å². The summed E-state index contributed by atoms with van der Waals surface area (Å²) in [6.45, 7) is 5.74. The van der Waals surface area contributed by atoms with Crippen LogP contribution < -0.4 is 10.4 Å². The summed E-state index contributed by atoms with van der Waals surface area (Å²) in [7, 11) is 0. The molecule has 6 heteroatoms. The maximum atomic E-state index is 8.42. The molecule has 0 saturated carbocycles. The fraction of sp³-hybridized carbons (Fsp3) is 0.211. The molecule has 25 heavy (non-hydrogen) atoms. The first-order chi connectivity index (χ1) is 11.7. The molecule has 0 aliphatic rings. The predicted octanol–water partition coefficient (Wildman–Crippen LogP) is 4.65. The number of imidazole rings is 1. The van der Waals surface area contributed by atoms with Crippen molar-refractivity contribution < 1.29 is 4.74 Å². The maximum Gasteiger partial charge on any atom is 0.203 e. The van der Waals surface area contributed by atoms with Crippen molar-refractivity contribution in [3.05, 3.63) is 71.8 Å². The van der Waals surface area contributed by atoms with Crippen LogP contribution in [-0.4, -0.2) is 15.7 Å². The van der Waals surface area contributed by atoms with Gasteiger partial charge in [0.15, 0.2) is 0 Å². The highest BCUT2D eigenvalue weighted by Crippen LogP contribution is 2.16. The molecule has 0 spiro atoms. The third-order valence-electron chi connectivity index (χ3n) is 3.89. The van der Waals surface area contributed by atoms with E-state index in [0.29, 0.717) is 23.8 Å². The van der Waals surface area contributed by atoms with E-state index in [1.54, 1.807) is 0 Å². The summed E-state index contributed by atoms with van der Waals surface area (Å²) in [4.78, 5) is 0. The fourth-order valence-electron chi connectivity index (χ4n) is 2.78. The van der Waals surface area contributed by atoms with E-state index in [1.807, 2.05) is 63.7 Å². The van der Waals surface area contributed by atoms with Gasteiger partial charge in [-0.05, 0) is 42.8 Å². The van der Waals surface area contributed by atoms with Gasteiger partial charge in [0.1, 0.15) is 5.75 Å². The van der Waals surface area contributed by atoms with Crippen molar-refractivity contribution in [2.24, 2.45) is 0 Å². The monoisotopic (exact) mass is 377 g/mol. The Labute approximate surface area is 158 Å². The number of rotatable bonds is 7. The number of aryl methyl sites for hydroxylation is 1. The molecular formula is C19H21Cl2N3O. The second kappa shape index (κ2) is 8.79. The summed E-state index contributed by atoms with van der Waals surface area (Å²) in [5, 5.41) is 9.12. The number of hydrogen-bond acceptors (Lipinski definition) is 2. The Morgan fingerprint density at radius 2 is 1.68 bits per heavy atom. The largest absolute Gasteiger partial charge is 0.494 e. The molecule has 0 bridgehead atoms. The van der Waals surface area contributed by atoms with Gasteiger partial charge in [-0.2, -0.15) is 0 Å². The number of para-hydroxylation sites is 2. The van der Waals surface area contributed by atoms with Crippen LogP contribution in [0, 0.1) is 5.41 Å². The van der Waals surface area contributed by atoms with Gasteiger partial charge in [0, 0.05) is 18.1 Å². The van der Waals surface area contributed by atoms with Gasteiger partial charge in [0.05, 0.1) is 17.6 Å². The average molecular weight is 378 g/mol. The van der Waals surface area contributed by atoms with Gasteiger partial charge in [0.2, 0.25) is 5.62 Å². The van der Waals surface area contributed by atoms with Crippen molar-refractivity contribution in [1.29, 1.82) is 5.41 Å². The molecule has 0 aliphatic carbocycles. The minimum absolute atomic E-state index is 0. The van der Waals surface area contributed by atoms with Crippen molar-refractivity contribution in [3.8, 4) is 5.75 Å². The van der Waals surface area contributed by atoms with Crippen LogP contribution in [0.25, 0.3) is 11.0 Å². The summed E-state index contributed by atoms with van der Waals surface area (Å²) < 4.78 is 9.71. The molecule has 2 aromatic carbocycles. The zero-order valence-corrected chi connectivity index (χ0v) is 15.4. The summed E-state index contributed by atoms with van der Waals surface area (Å²) in [5.74, 6) is 0.810. The fourth-order valence-corrected chi connectivity index (χ4v) is 2.90.